The maximum absolute atomic E-state index is 14.8. The highest BCUT2D eigenvalue weighted by molar-refractivity contribution is 7.52. The third kappa shape index (κ3) is 5.36. The Kier molecular flexibility index (Phi) is 6.93. The van der Waals surface area contributed by atoms with Gasteiger partial charge in [0, 0.05) is 12.6 Å². The molecule has 2 saturated heterocycles. The number of nitrogens with two attached hydrogens (primary N) is 1. The number of rotatable bonds is 8. The van der Waals surface area contributed by atoms with Gasteiger partial charge in [0.05, 0.1) is 13.2 Å². The Balaban J connectivity index is 1.53. The van der Waals surface area contributed by atoms with Gasteiger partial charge in [0.15, 0.2) is 6.10 Å². The van der Waals surface area contributed by atoms with Crippen LogP contribution in [0.1, 0.15) is 18.2 Å². The molecule has 0 aliphatic carbocycles. The van der Waals surface area contributed by atoms with E-state index in [0.717, 1.165) is 17.8 Å². The molecule has 0 saturated carbocycles. The molecule has 12 nitrogen and oxygen atoms in total. The number of carbonyl (C=O) groups excluding carboxylic acids is 1. The number of aliphatic hydroxyl groups is 1. The summed E-state index contributed by atoms with van der Waals surface area (Å²) in [5.74, 6) is -4.67. The summed E-state index contributed by atoms with van der Waals surface area (Å²) < 4.78 is 64.3. The SMILES string of the molecule is Cc1ccc(O[P@](=O)(NC2CCOC2=O)OC[C@H]2O[C@@H](n3ccc(N)nc3=O)C(F)(F)[C@@H]2O)cc1. The highest BCUT2D eigenvalue weighted by Crippen LogP contribution is 2.48. The number of aliphatic hydroxyl groups excluding tert-OH is 1. The largest absolute Gasteiger partial charge is 0.464 e. The Morgan fingerprint density at radius 3 is 2.66 bits per heavy atom. The predicted molar refractivity (Wildman–Crippen MR) is 116 cm³/mol. The van der Waals surface area contributed by atoms with Gasteiger partial charge < -0.3 is 24.8 Å². The predicted octanol–water partition coefficient (Wildman–Crippen LogP) is 1.14. The summed E-state index contributed by atoms with van der Waals surface area (Å²) in [5.41, 5.74) is 5.16. The number of carbonyl (C=O) groups is 1. The fourth-order valence-electron chi connectivity index (χ4n) is 3.51. The Morgan fingerprint density at radius 2 is 2.03 bits per heavy atom. The summed E-state index contributed by atoms with van der Waals surface area (Å²) in [4.78, 5) is 27.3. The molecule has 2 aliphatic heterocycles. The van der Waals surface area contributed by atoms with Crippen molar-refractivity contribution in [3.8, 4) is 5.75 Å². The fraction of sp³-hybridized carbons (Fsp3) is 0.450. The molecular formula is C20H23F2N4O8P. The van der Waals surface area contributed by atoms with Crippen LogP contribution in [-0.4, -0.2) is 58.0 Å². The van der Waals surface area contributed by atoms with Crippen molar-refractivity contribution in [3.05, 3.63) is 52.6 Å². The van der Waals surface area contributed by atoms with Crippen molar-refractivity contribution in [1.29, 1.82) is 0 Å². The standard InChI is InChI=1S/C20H23F2N4O8P/c1-11-2-4-12(5-3-11)34-35(30,25-13-7-9-31-17(13)28)32-10-14-16(27)20(21,22)18(33-14)26-8-6-15(23)24-19(26)29/h2-6,8,13-14,16,18,27H,7,9-10H2,1H3,(H,25,30)(H2,23,24,29)/t13?,14-,16-,18-,35+/m1/s1. The van der Waals surface area contributed by atoms with Crippen molar-refractivity contribution >= 4 is 19.5 Å². The highest BCUT2D eigenvalue weighted by Gasteiger charge is 2.60. The lowest BCUT2D eigenvalue weighted by atomic mass is 10.1. The molecule has 0 amide bonds. The maximum atomic E-state index is 14.8. The molecular weight excluding hydrogens is 493 g/mol. The first kappa shape index (κ1) is 25.2. The Labute approximate surface area is 197 Å². The van der Waals surface area contributed by atoms with Crippen LogP contribution in [0.3, 0.4) is 0 Å². The fourth-order valence-corrected chi connectivity index (χ4v) is 5.05. The lowest BCUT2D eigenvalue weighted by Crippen LogP contribution is -2.42. The number of hydrogen-bond acceptors (Lipinski definition) is 10. The van der Waals surface area contributed by atoms with Crippen molar-refractivity contribution in [3.63, 3.8) is 0 Å². The molecule has 15 heteroatoms. The first-order valence-electron chi connectivity index (χ1n) is 10.5. The molecule has 1 aromatic heterocycles. The van der Waals surface area contributed by atoms with Gasteiger partial charge in [-0.25, -0.2) is 9.36 Å². The van der Waals surface area contributed by atoms with Gasteiger partial charge in [-0.2, -0.15) is 18.9 Å². The number of halogens is 2. The van der Waals surface area contributed by atoms with Gasteiger partial charge in [-0.3, -0.25) is 13.9 Å². The number of aromatic nitrogens is 2. The first-order valence-corrected chi connectivity index (χ1v) is 12.0. The lowest BCUT2D eigenvalue weighted by Gasteiger charge is -2.24. The quantitative estimate of drug-likeness (QED) is 0.340. The third-order valence-corrected chi connectivity index (χ3v) is 6.96. The number of anilines is 1. The van der Waals surface area contributed by atoms with Crippen LogP contribution in [0.5, 0.6) is 5.75 Å². The minimum Gasteiger partial charge on any atom is -0.464 e. The number of esters is 1. The van der Waals surface area contributed by atoms with Crippen LogP contribution >= 0.6 is 7.75 Å². The maximum Gasteiger partial charge on any atom is 0.459 e. The molecule has 190 valence electrons. The van der Waals surface area contributed by atoms with Crippen molar-refractivity contribution in [2.45, 2.75) is 43.7 Å². The van der Waals surface area contributed by atoms with Crippen molar-refractivity contribution < 1.29 is 41.8 Å². The zero-order valence-electron chi connectivity index (χ0n) is 18.4. The van der Waals surface area contributed by atoms with E-state index >= 15 is 0 Å². The van der Waals surface area contributed by atoms with E-state index in [4.69, 9.17) is 24.3 Å². The molecule has 0 bridgehead atoms. The molecule has 3 heterocycles. The van der Waals surface area contributed by atoms with E-state index in [1.54, 1.807) is 12.1 Å². The second kappa shape index (κ2) is 9.63. The minimum atomic E-state index is -4.36. The first-order chi connectivity index (χ1) is 16.5. The molecule has 35 heavy (non-hydrogen) atoms. The summed E-state index contributed by atoms with van der Waals surface area (Å²) >= 11 is 0. The van der Waals surface area contributed by atoms with Gasteiger partial charge in [-0.1, -0.05) is 17.7 Å². The van der Waals surface area contributed by atoms with Crippen LogP contribution in [-0.2, 0) is 23.4 Å². The average molecular weight is 516 g/mol. The second-order valence-electron chi connectivity index (χ2n) is 8.02. The van der Waals surface area contributed by atoms with E-state index in [9.17, 15) is 28.0 Å². The number of benzene rings is 1. The average Bonchev–Trinajstić information content (AvgIpc) is 3.29. The second-order valence-corrected chi connectivity index (χ2v) is 9.72. The van der Waals surface area contributed by atoms with Gasteiger partial charge in [-0.15, -0.1) is 0 Å². The van der Waals surface area contributed by atoms with Crippen LogP contribution in [0.25, 0.3) is 0 Å². The van der Waals surface area contributed by atoms with E-state index in [1.807, 2.05) is 6.92 Å². The van der Waals surface area contributed by atoms with Gasteiger partial charge in [0.2, 0.25) is 6.23 Å². The number of nitrogen functional groups attached to an aromatic ring is 1. The highest BCUT2D eigenvalue weighted by atomic mass is 31.2. The van der Waals surface area contributed by atoms with Crippen molar-refractivity contribution in [2.75, 3.05) is 18.9 Å². The zero-order valence-corrected chi connectivity index (χ0v) is 19.3. The van der Waals surface area contributed by atoms with Gasteiger partial charge in [0.25, 0.3) is 0 Å². The number of alkyl halides is 2. The minimum absolute atomic E-state index is 0.0871. The number of nitrogens with one attached hydrogen (secondary N) is 1. The van der Waals surface area contributed by atoms with E-state index in [2.05, 4.69) is 10.1 Å². The molecule has 4 rings (SSSR count). The van der Waals surface area contributed by atoms with Crippen LogP contribution in [0.15, 0.2) is 41.3 Å². The molecule has 4 N–H and O–H groups in total. The normalized spacial score (nSPS) is 27.4. The Hall–Kier alpha value is -2.90. The number of ether oxygens (including phenoxy) is 2. The molecule has 5 atom stereocenters. The van der Waals surface area contributed by atoms with Crippen LogP contribution in [0, 0.1) is 6.92 Å². The molecule has 0 spiro atoms. The monoisotopic (exact) mass is 516 g/mol. The lowest BCUT2D eigenvalue weighted by molar-refractivity contribution is -0.141. The van der Waals surface area contributed by atoms with Crippen LogP contribution in [0.2, 0.25) is 0 Å². The number of cyclic esters (lactones) is 1. The Bertz CT molecular complexity index is 1190. The summed E-state index contributed by atoms with van der Waals surface area (Å²) in [6.07, 6.45) is -5.23. The van der Waals surface area contributed by atoms with E-state index in [0.29, 0.717) is 4.57 Å². The third-order valence-electron chi connectivity index (χ3n) is 5.39. The number of hydrogen-bond donors (Lipinski definition) is 3. The van der Waals surface area contributed by atoms with E-state index in [-0.39, 0.29) is 24.6 Å². The topological polar surface area (TPSA) is 164 Å². The van der Waals surface area contributed by atoms with Crippen LogP contribution < -0.4 is 21.0 Å². The molecule has 2 aliphatic rings. The summed E-state index contributed by atoms with van der Waals surface area (Å²) in [6, 6.07) is 6.46. The van der Waals surface area contributed by atoms with E-state index in [1.165, 1.54) is 12.1 Å². The van der Waals surface area contributed by atoms with E-state index < -0.39 is 56.4 Å². The number of aryl methyl sites for hydroxylation is 1. The summed E-state index contributed by atoms with van der Waals surface area (Å²) in [7, 11) is -4.36. The van der Waals surface area contributed by atoms with Gasteiger partial charge in [-0.05, 0) is 25.1 Å². The molecule has 2 fully saturated rings. The smallest absolute Gasteiger partial charge is 0.459 e. The zero-order chi connectivity index (χ0) is 25.4. The summed E-state index contributed by atoms with van der Waals surface area (Å²) in [5, 5.41) is 12.7. The molecule has 1 aromatic carbocycles. The summed E-state index contributed by atoms with van der Waals surface area (Å²) in [6.45, 7) is 1.08. The molecule has 1 unspecified atom stereocenters. The molecule has 2 aromatic rings. The van der Waals surface area contributed by atoms with Crippen molar-refractivity contribution in [2.24, 2.45) is 0 Å². The van der Waals surface area contributed by atoms with Gasteiger partial charge in [0.1, 0.15) is 23.7 Å². The molecule has 0 radical (unpaired) electrons. The van der Waals surface area contributed by atoms with Gasteiger partial charge >= 0.3 is 25.3 Å². The Morgan fingerprint density at radius 1 is 1.31 bits per heavy atom. The van der Waals surface area contributed by atoms with Crippen molar-refractivity contribution in [1.82, 2.24) is 14.6 Å². The number of nitrogens with zero attached hydrogens (tertiary/aromatic N) is 2. The van der Waals surface area contributed by atoms with Crippen LogP contribution in [0.4, 0.5) is 14.6 Å².